The Balaban J connectivity index is 4.47. The van der Waals surface area contributed by atoms with Crippen molar-refractivity contribution in [2.24, 2.45) is 0 Å². The van der Waals surface area contributed by atoms with Crippen LogP contribution in [0.1, 0.15) is 0 Å². The largest absolute Gasteiger partial charge is 0.480 e. The van der Waals surface area contributed by atoms with Crippen LogP contribution in [-0.2, 0) is 14.2 Å². The standard InChI is InChI=1S/C4H8NO7P/c6-3(7)1-5(2-4(8)9)13(10,11)12/h1-2H2,(H,6,7)(H,8,9)(H2,10,11,12). The Hall–Kier alpha value is -0.950. The molecule has 0 bridgehead atoms. The molecule has 13 heavy (non-hydrogen) atoms. The summed E-state index contributed by atoms with van der Waals surface area (Å²) in [6.45, 7) is -2.03. The summed E-state index contributed by atoms with van der Waals surface area (Å²) in [6.07, 6.45) is 0. The number of aliphatic carboxylic acids is 2. The van der Waals surface area contributed by atoms with Crippen LogP contribution in [0.3, 0.4) is 0 Å². The van der Waals surface area contributed by atoms with Crippen LogP contribution in [0, 0.1) is 0 Å². The lowest BCUT2D eigenvalue weighted by molar-refractivity contribution is -0.140. The van der Waals surface area contributed by atoms with Gasteiger partial charge < -0.3 is 20.0 Å². The first-order valence-electron chi connectivity index (χ1n) is 2.98. The van der Waals surface area contributed by atoms with Crippen LogP contribution in [0.4, 0.5) is 0 Å². The number of carboxylic acid groups (broad SMARTS) is 2. The van der Waals surface area contributed by atoms with Gasteiger partial charge in [-0.15, -0.1) is 0 Å². The zero-order valence-corrected chi connectivity index (χ0v) is 7.22. The molecule has 0 aliphatic rings. The fourth-order valence-electron chi connectivity index (χ4n) is 0.552. The molecule has 0 rings (SSSR count). The fourth-order valence-corrected chi connectivity index (χ4v) is 1.16. The topological polar surface area (TPSA) is 135 Å². The molecular formula is C4H8NO7P. The van der Waals surface area contributed by atoms with Crippen LogP contribution < -0.4 is 0 Å². The Kier molecular flexibility index (Phi) is 4.02. The molecule has 4 N–H and O–H groups in total. The third-order valence-corrected chi connectivity index (χ3v) is 2.02. The second-order valence-corrected chi connectivity index (χ2v) is 3.72. The van der Waals surface area contributed by atoms with Crippen molar-refractivity contribution in [3.63, 3.8) is 0 Å². The zero-order valence-electron chi connectivity index (χ0n) is 6.32. The highest BCUT2D eigenvalue weighted by Crippen LogP contribution is 2.39. The van der Waals surface area contributed by atoms with Gasteiger partial charge in [0.1, 0.15) is 13.1 Å². The molecule has 0 radical (unpaired) electrons. The number of carboxylic acids is 2. The van der Waals surface area contributed by atoms with Crippen molar-refractivity contribution in [3.8, 4) is 0 Å². The van der Waals surface area contributed by atoms with Crippen LogP contribution in [0.25, 0.3) is 0 Å². The number of carbonyl (C=O) groups is 2. The monoisotopic (exact) mass is 213 g/mol. The first kappa shape index (κ1) is 12.0. The molecule has 0 aromatic carbocycles. The highest BCUT2D eigenvalue weighted by Gasteiger charge is 2.29. The second kappa shape index (κ2) is 4.33. The van der Waals surface area contributed by atoms with Gasteiger partial charge in [0.2, 0.25) is 0 Å². The van der Waals surface area contributed by atoms with E-state index in [0.29, 0.717) is 0 Å². The maximum absolute atomic E-state index is 10.5. The first-order valence-corrected chi connectivity index (χ1v) is 4.54. The van der Waals surface area contributed by atoms with Gasteiger partial charge in [0.25, 0.3) is 0 Å². The number of rotatable bonds is 5. The molecule has 0 aliphatic carbocycles. The van der Waals surface area contributed by atoms with Crippen molar-refractivity contribution in [1.29, 1.82) is 0 Å². The maximum atomic E-state index is 10.5. The summed E-state index contributed by atoms with van der Waals surface area (Å²) in [5, 5.41) is 16.4. The zero-order chi connectivity index (χ0) is 10.6. The van der Waals surface area contributed by atoms with Crippen LogP contribution >= 0.6 is 7.75 Å². The van der Waals surface area contributed by atoms with Crippen molar-refractivity contribution in [3.05, 3.63) is 0 Å². The van der Waals surface area contributed by atoms with Crippen molar-refractivity contribution < 1.29 is 34.2 Å². The molecule has 0 aromatic rings. The molecule has 0 unspecified atom stereocenters. The minimum atomic E-state index is -4.81. The summed E-state index contributed by atoms with van der Waals surface area (Å²) in [5.74, 6) is -3.02. The molecule has 76 valence electrons. The molecular weight excluding hydrogens is 205 g/mol. The van der Waals surface area contributed by atoms with Gasteiger partial charge in [0, 0.05) is 0 Å². The van der Waals surface area contributed by atoms with Gasteiger partial charge in [-0.25, -0.2) is 4.57 Å². The number of nitrogens with zero attached hydrogens (tertiary/aromatic N) is 1. The third-order valence-electron chi connectivity index (χ3n) is 1.00. The van der Waals surface area contributed by atoms with E-state index >= 15 is 0 Å². The molecule has 0 fully saturated rings. The molecule has 0 spiro atoms. The SMILES string of the molecule is O=C(O)CN(CC(=O)O)P(=O)(O)O. The van der Waals surface area contributed by atoms with Gasteiger partial charge in [-0.2, -0.15) is 4.67 Å². The Morgan fingerprint density at radius 2 is 1.38 bits per heavy atom. The number of hydrogen-bond donors (Lipinski definition) is 4. The molecule has 0 heterocycles. The lowest BCUT2D eigenvalue weighted by atomic mass is 10.6. The molecule has 0 amide bonds. The van der Waals surface area contributed by atoms with Crippen LogP contribution in [0.15, 0.2) is 0 Å². The van der Waals surface area contributed by atoms with Gasteiger partial charge in [-0.05, 0) is 0 Å². The van der Waals surface area contributed by atoms with Crippen molar-refractivity contribution in [1.82, 2.24) is 4.67 Å². The Morgan fingerprint density at radius 1 is 1.08 bits per heavy atom. The second-order valence-electron chi connectivity index (χ2n) is 2.12. The van der Waals surface area contributed by atoms with Crippen molar-refractivity contribution in [2.45, 2.75) is 0 Å². The Morgan fingerprint density at radius 3 is 1.54 bits per heavy atom. The predicted octanol–water partition coefficient (Wildman–Crippen LogP) is -1.45. The van der Waals surface area contributed by atoms with Gasteiger partial charge in [-0.1, -0.05) is 0 Å². The fraction of sp³-hybridized carbons (Fsp3) is 0.500. The average Bonchev–Trinajstić information content (AvgIpc) is 1.81. The molecule has 0 atom stereocenters. The summed E-state index contributed by atoms with van der Waals surface area (Å²) in [6, 6.07) is 0. The van der Waals surface area contributed by atoms with Gasteiger partial charge in [0.05, 0.1) is 0 Å². The van der Waals surface area contributed by atoms with Crippen LogP contribution in [-0.4, -0.2) is 49.7 Å². The minimum absolute atomic E-state index is 0.0532. The molecule has 0 aromatic heterocycles. The van der Waals surface area contributed by atoms with Gasteiger partial charge in [0.15, 0.2) is 0 Å². The lowest BCUT2D eigenvalue weighted by Crippen LogP contribution is -2.31. The van der Waals surface area contributed by atoms with E-state index < -0.39 is 32.8 Å². The molecule has 8 nitrogen and oxygen atoms in total. The lowest BCUT2D eigenvalue weighted by Gasteiger charge is -2.18. The molecule has 0 saturated carbocycles. The van der Waals surface area contributed by atoms with Gasteiger partial charge in [-0.3, -0.25) is 9.59 Å². The highest BCUT2D eigenvalue weighted by atomic mass is 31.2. The van der Waals surface area contributed by atoms with Crippen LogP contribution in [0.5, 0.6) is 0 Å². The van der Waals surface area contributed by atoms with Crippen molar-refractivity contribution >= 4 is 19.7 Å². The predicted molar refractivity (Wildman–Crippen MR) is 38.9 cm³/mol. The smallest absolute Gasteiger partial charge is 0.404 e. The average molecular weight is 213 g/mol. The Bertz CT molecular complexity index is 241. The normalized spacial score (nSPS) is 11.6. The van der Waals surface area contributed by atoms with E-state index in [1.165, 1.54) is 0 Å². The summed E-state index contributed by atoms with van der Waals surface area (Å²) < 4.78 is 10.5. The summed E-state index contributed by atoms with van der Waals surface area (Å²) in [5.41, 5.74) is 0. The minimum Gasteiger partial charge on any atom is -0.480 e. The van der Waals surface area contributed by atoms with Crippen LogP contribution in [0.2, 0.25) is 0 Å². The first-order chi connectivity index (χ1) is 5.73. The van der Waals surface area contributed by atoms with E-state index in [9.17, 15) is 14.2 Å². The highest BCUT2D eigenvalue weighted by molar-refractivity contribution is 7.49. The Labute approximate surface area is 72.6 Å². The maximum Gasteiger partial charge on any atom is 0.404 e. The van der Waals surface area contributed by atoms with E-state index in [1.807, 2.05) is 0 Å². The van der Waals surface area contributed by atoms with E-state index in [1.54, 1.807) is 0 Å². The summed E-state index contributed by atoms with van der Waals surface area (Å²) >= 11 is 0. The molecule has 0 saturated heterocycles. The van der Waals surface area contributed by atoms with E-state index in [2.05, 4.69) is 0 Å². The number of hydrogen-bond acceptors (Lipinski definition) is 3. The quantitative estimate of drug-likeness (QED) is 0.407. The summed E-state index contributed by atoms with van der Waals surface area (Å²) in [7, 11) is -4.81. The third kappa shape index (κ3) is 5.31. The van der Waals surface area contributed by atoms with E-state index in [0.717, 1.165) is 0 Å². The molecule has 0 aliphatic heterocycles. The van der Waals surface area contributed by atoms with Crippen molar-refractivity contribution in [2.75, 3.05) is 13.1 Å². The summed E-state index contributed by atoms with van der Waals surface area (Å²) in [4.78, 5) is 37.1. The van der Waals surface area contributed by atoms with E-state index in [-0.39, 0.29) is 4.67 Å². The molecule has 9 heteroatoms. The van der Waals surface area contributed by atoms with E-state index in [4.69, 9.17) is 20.0 Å². The van der Waals surface area contributed by atoms with Gasteiger partial charge >= 0.3 is 19.7 Å².